The predicted molar refractivity (Wildman–Crippen MR) is 93.7 cm³/mol. The summed E-state index contributed by atoms with van der Waals surface area (Å²) in [6, 6.07) is 15.3. The van der Waals surface area contributed by atoms with Crippen molar-refractivity contribution in [1.82, 2.24) is 14.9 Å². The second-order valence-corrected chi connectivity index (χ2v) is 5.82. The minimum Gasteiger partial charge on any atom is -0.504 e. The highest BCUT2D eigenvalue weighted by atomic mass is 32.2. The van der Waals surface area contributed by atoms with E-state index in [2.05, 4.69) is 27.4 Å². The maximum Gasteiger partial charge on any atom is 0.212 e. The summed E-state index contributed by atoms with van der Waals surface area (Å²) in [4.78, 5) is 0. The van der Waals surface area contributed by atoms with Gasteiger partial charge in [-0.05, 0) is 17.7 Å². The lowest BCUT2D eigenvalue weighted by Gasteiger charge is -2.05. The van der Waals surface area contributed by atoms with E-state index in [-0.39, 0.29) is 5.75 Å². The van der Waals surface area contributed by atoms with E-state index in [1.165, 1.54) is 19.0 Å². The summed E-state index contributed by atoms with van der Waals surface area (Å²) >= 11 is 1.54. The van der Waals surface area contributed by atoms with Crippen LogP contribution in [-0.4, -0.2) is 33.3 Å². The molecule has 0 unspecified atom stereocenters. The van der Waals surface area contributed by atoms with Gasteiger partial charge in [0, 0.05) is 11.3 Å². The van der Waals surface area contributed by atoms with Crippen LogP contribution >= 0.6 is 11.8 Å². The predicted octanol–water partition coefficient (Wildman–Crippen LogP) is 3.17. The number of rotatable bonds is 6. The Balaban J connectivity index is 1.74. The molecular formula is C17H16N4O2S. The van der Waals surface area contributed by atoms with E-state index < -0.39 is 0 Å². The molecule has 0 saturated heterocycles. The first kappa shape index (κ1) is 16.1. The van der Waals surface area contributed by atoms with E-state index >= 15 is 0 Å². The third kappa shape index (κ3) is 3.75. The number of phenolic OH excluding ortho intramolecular Hbond substituents is 1. The highest BCUT2D eigenvalue weighted by molar-refractivity contribution is 7.98. The Morgan fingerprint density at radius 3 is 2.83 bits per heavy atom. The van der Waals surface area contributed by atoms with Crippen molar-refractivity contribution in [3.63, 3.8) is 0 Å². The zero-order valence-electron chi connectivity index (χ0n) is 13.0. The fraction of sp³-hybridized carbons (Fsp3) is 0.118. The van der Waals surface area contributed by atoms with E-state index in [1.54, 1.807) is 40.9 Å². The van der Waals surface area contributed by atoms with Crippen molar-refractivity contribution >= 4 is 18.0 Å². The van der Waals surface area contributed by atoms with E-state index in [4.69, 9.17) is 4.74 Å². The van der Waals surface area contributed by atoms with E-state index in [1.807, 2.05) is 18.2 Å². The molecule has 1 N–H and O–H groups in total. The zero-order valence-corrected chi connectivity index (χ0v) is 13.8. The summed E-state index contributed by atoms with van der Waals surface area (Å²) in [5, 5.41) is 23.0. The van der Waals surface area contributed by atoms with Gasteiger partial charge in [0.1, 0.15) is 6.33 Å². The quantitative estimate of drug-likeness (QED) is 0.551. The largest absolute Gasteiger partial charge is 0.504 e. The third-order valence-electron chi connectivity index (χ3n) is 3.28. The van der Waals surface area contributed by atoms with Crippen molar-refractivity contribution < 1.29 is 9.84 Å². The second-order valence-electron chi connectivity index (χ2n) is 4.88. The van der Waals surface area contributed by atoms with Crippen molar-refractivity contribution in [1.29, 1.82) is 0 Å². The van der Waals surface area contributed by atoms with Crippen LogP contribution in [-0.2, 0) is 5.75 Å². The van der Waals surface area contributed by atoms with Crippen molar-refractivity contribution in [2.45, 2.75) is 10.9 Å². The van der Waals surface area contributed by atoms with Crippen molar-refractivity contribution in [3.05, 3.63) is 66.0 Å². The molecule has 0 saturated carbocycles. The molecule has 1 heterocycles. The molecule has 0 radical (unpaired) electrons. The molecule has 0 aliphatic rings. The molecule has 0 aliphatic carbocycles. The van der Waals surface area contributed by atoms with Gasteiger partial charge in [-0.25, -0.2) is 0 Å². The number of hydrogen-bond donors (Lipinski definition) is 1. The number of nitrogens with zero attached hydrogens (tertiary/aromatic N) is 4. The smallest absolute Gasteiger partial charge is 0.212 e. The summed E-state index contributed by atoms with van der Waals surface area (Å²) in [7, 11) is 1.51. The van der Waals surface area contributed by atoms with Gasteiger partial charge in [-0.1, -0.05) is 48.2 Å². The van der Waals surface area contributed by atoms with Gasteiger partial charge in [0.15, 0.2) is 11.5 Å². The Labute approximate surface area is 143 Å². The van der Waals surface area contributed by atoms with Crippen molar-refractivity contribution in [2.24, 2.45) is 5.10 Å². The summed E-state index contributed by atoms with van der Waals surface area (Å²) < 4.78 is 6.66. The molecule has 7 heteroatoms. The molecule has 1 aromatic heterocycles. The Hall–Kier alpha value is -2.80. The average molecular weight is 340 g/mol. The molecule has 0 spiro atoms. The van der Waals surface area contributed by atoms with Gasteiger partial charge >= 0.3 is 0 Å². The number of aromatic hydroxyl groups is 1. The number of benzene rings is 2. The zero-order chi connectivity index (χ0) is 16.8. The van der Waals surface area contributed by atoms with E-state index in [0.29, 0.717) is 16.5 Å². The average Bonchev–Trinajstić information content (AvgIpc) is 3.07. The lowest BCUT2D eigenvalue weighted by atomic mass is 10.2. The Bertz CT molecular complexity index is 834. The number of para-hydroxylation sites is 1. The maximum atomic E-state index is 10.1. The lowest BCUT2D eigenvalue weighted by Crippen LogP contribution is -1.94. The van der Waals surface area contributed by atoms with Gasteiger partial charge < -0.3 is 9.84 Å². The molecular weight excluding hydrogens is 324 g/mol. The van der Waals surface area contributed by atoms with E-state index in [0.717, 1.165) is 5.75 Å². The van der Waals surface area contributed by atoms with Crippen molar-refractivity contribution in [2.75, 3.05) is 7.11 Å². The first-order valence-electron chi connectivity index (χ1n) is 7.25. The number of aromatic nitrogens is 3. The minimum atomic E-state index is 0.0512. The van der Waals surface area contributed by atoms with Gasteiger partial charge in [-0.15, -0.1) is 10.2 Å². The van der Waals surface area contributed by atoms with Crippen LogP contribution in [0.2, 0.25) is 0 Å². The fourth-order valence-electron chi connectivity index (χ4n) is 2.05. The number of hydrogen-bond acceptors (Lipinski definition) is 6. The maximum absolute atomic E-state index is 10.1. The Kier molecular flexibility index (Phi) is 5.12. The lowest BCUT2D eigenvalue weighted by molar-refractivity contribution is 0.373. The van der Waals surface area contributed by atoms with E-state index in [9.17, 15) is 5.11 Å². The fourth-order valence-corrected chi connectivity index (χ4v) is 2.87. The van der Waals surface area contributed by atoms with Crippen LogP contribution in [0.15, 0.2) is 65.1 Å². The molecule has 0 fully saturated rings. The van der Waals surface area contributed by atoms with Gasteiger partial charge in [0.05, 0.1) is 13.3 Å². The van der Waals surface area contributed by atoms with Crippen molar-refractivity contribution in [3.8, 4) is 11.5 Å². The molecule has 0 aliphatic heterocycles. The Morgan fingerprint density at radius 2 is 2.04 bits per heavy atom. The van der Waals surface area contributed by atoms with Crippen LogP contribution in [0.4, 0.5) is 0 Å². The highest BCUT2D eigenvalue weighted by Gasteiger charge is 2.07. The second kappa shape index (κ2) is 7.65. The van der Waals surface area contributed by atoms with Crippen LogP contribution in [0.1, 0.15) is 11.1 Å². The van der Waals surface area contributed by atoms with Gasteiger partial charge in [0.25, 0.3) is 0 Å². The van der Waals surface area contributed by atoms with Gasteiger partial charge in [-0.3, -0.25) is 0 Å². The van der Waals surface area contributed by atoms with Crippen LogP contribution in [0.5, 0.6) is 11.5 Å². The topological polar surface area (TPSA) is 72.5 Å². The molecule has 0 bridgehead atoms. The molecule has 24 heavy (non-hydrogen) atoms. The number of methoxy groups -OCH3 is 1. The van der Waals surface area contributed by atoms with Gasteiger partial charge in [-0.2, -0.15) is 9.78 Å². The first-order valence-corrected chi connectivity index (χ1v) is 8.23. The normalized spacial score (nSPS) is 11.0. The molecule has 122 valence electrons. The SMILES string of the molecule is COc1cccc(/C=N/n2cnnc2SCc2ccccc2)c1O. The van der Waals surface area contributed by atoms with Crippen LogP contribution in [0.3, 0.4) is 0 Å². The highest BCUT2D eigenvalue weighted by Crippen LogP contribution is 2.28. The molecule has 2 aromatic carbocycles. The minimum absolute atomic E-state index is 0.0512. The first-order chi connectivity index (χ1) is 11.8. The van der Waals surface area contributed by atoms with Gasteiger partial charge in [0.2, 0.25) is 5.16 Å². The molecule has 3 aromatic rings. The standard InChI is InChI=1S/C17H16N4O2S/c1-23-15-9-5-8-14(16(15)22)10-19-21-12-18-20-17(21)24-11-13-6-3-2-4-7-13/h2-10,12,22H,11H2,1H3/b19-10+. The number of thioether (sulfide) groups is 1. The summed E-state index contributed by atoms with van der Waals surface area (Å²) in [5.41, 5.74) is 1.76. The van der Waals surface area contributed by atoms with Crippen LogP contribution in [0.25, 0.3) is 0 Å². The summed E-state index contributed by atoms with van der Waals surface area (Å²) in [6.07, 6.45) is 3.08. The summed E-state index contributed by atoms with van der Waals surface area (Å²) in [6.45, 7) is 0. The molecule has 3 rings (SSSR count). The number of phenols is 1. The molecule has 0 atom stereocenters. The summed E-state index contributed by atoms with van der Waals surface area (Å²) in [5.74, 6) is 1.23. The van der Waals surface area contributed by atoms with Crippen LogP contribution in [0, 0.1) is 0 Å². The monoisotopic (exact) mass is 340 g/mol. The molecule has 6 nitrogen and oxygen atoms in total. The third-order valence-corrected chi connectivity index (χ3v) is 4.29. The molecule has 0 amide bonds. The van der Waals surface area contributed by atoms with Crippen LogP contribution < -0.4 is 4.74 Å². The number of ether oxygens (including phenoxy) is 1. The Morgan fingerprint density at radius 1 is 1.21 bits per heavy atom.